The van der Waals surface area contributed by atoms with Crippen molar-refractivity contribution in [2.24, 2.45) is 0 Å². The molecule has 7 nitrogen and oxygen atoms in total. The van der Waals surface area contributed by atoms with Crippen molar-refractivity contribution in [1.29, 1.82) is 0 Å². The Labute approximate surface area is 217 Å². The third kappa shape index (κ3) is 7.16. The smallest absolute Gasteiger partial charge is 0.243 e. The number of hydrogen-bond donors (Lipinski definition) is 1. The molecule has 0 radical (unpaired) electrons. The van der Waals surface area contributed by atoms with Gasteiger partial charge in [-0.3, -0.25) is 9.59 Å². The first-order valence-electron chi connectivity index (χ1n) is 11.6. The van der Waals surface area contributed by atoms with Crippen LogP contribution in [-0.2, 0) is 32.6 Å². The maximum atomic E-state index is 13.6. The lowest BCUT2D eigenvalue weighted by Gasteiger charge is -2.32. The average Bonchev–Trinajstić information content (AvgIpc) is 2.87. The Morgan fingerprint density at radius 3 is 2.00 bits per heavy atom. The number of likely N-dealkylation sites (N-methyl/N-ethyl adjacent to an activating group) is 2. The molecule has 0 aliphatic heterocycles. The van der Waals surface area contributed by atoms with E-state index in [0.717, 1.165) is 15.4 Å². The molecule has 1 atom stereocenters. The van der Waals surface area contributed by atoms with E-state index in [4.69, 9.17) is 11.6 Å². The molecule has 3 rings (SSSR count). The minimum atomic E-state index is -3.95. The number of nitrogens with one attached hydrogen (secondary N) is 1. The highest BCUT2D eigenvalue weighted by Crippen LogP contribution is 2.19. The Balaban J connectivity index is 1.93. The Bertz CT molecular complexity index is 1250. The number of nitrogens with zero attached hydrogens (tertiary/aromatic N) is 2. The zero-order valence-electron chi connectivity index (χ0n) is 20.3. The minimum Gasteiger partial charge on any atom is -0.355 e. The number of hydrogen-bond acceptors (Lipinski definition) is 4. The number of benzene rings is 3. The van der Waals surface area contributed by atoms with Crippen LogP contribution in [0.1, 0.15) is 18.1 Å². The van der Waals surface area contributed by atoms with Crippen LogP contribution in [0.3, 0.4) is 0 Å². The van der Waals surface area contributed by atoms with Gasteiger partial charge in [-0.25, -0.2) is 8.42 Å². The van der Waals surface area contributed by atoms with Gasteiger partial charge in [0.15, 0.2) is 0 Å². The normalized spacial score (nSPS) is 12.2. The van der Waals surface area contributed by atoms with Crippen molar-refractivity contribution in [2.45, 2.75) is 30.8 Å². The monoisotopic (exact) mass is 527 g/mol. The Kier molecular flexibility index (Phi) is 9.64. The molecular formula is C27H30ClN3O4S. The molecule has 1 unspecified atom stereocenters. The standard InChI is InChI=1S/C27H30ClN3O4S/c1-3-29-27(33)25(18-21-10-6-4-7-11-21)31(19-22-12-8-5-9-13-22)26(32)20-30(2)36(34,35)24-16-14-23(28)15-17-24/h4-17,25H,3,18-20H2,1-2H3,(H,29,33). The maximum Gasteiger partial charge on any atom is 0.243 e. The zero-order valence-corrected chi connectivity index (χ0v) is 21.9. The lowest BCUT2D eigenvalue weighted by molar-refractivity contribution is -0.141. The fourth-order valence-electron chi connectivity index (χ4n) is 3.78. The molecule has 0 saturated heterocycles. The van der Waals surface area contributed by atoms with Crippen molar-refractivity contribution in [3.8, 4) is 0 Å². The molecule has 0 aromatic heterocycles. The number of carbonyl (C=O) groups excluding carboxylic acids is 2. The number of carbonyl (C=O) groups is 2. The van der Waals surface area contributed by atoms with Crippen molar-refractivity contribution in [1.82, 2.24) is 14.5 Å². The molecule has 1 N–H and O–H groups in total. The van der Waals surface area contributed by atoms with Gasteiger partial charge >= 0.3 is 0 Å². The van der Waals surface area contributed by atoms with Gasteiger partial charge in [0, 0.05) is 31.6 Å². The molecule has 0 bridgehead atoms. The molecule has 0 saturated carbocycles. The average molecular weight is 528 g/mol. The molecule has 190 valence electrons. The molecule has 9 heteroatoms. The maximum absolute atomic E-state index is 13.6. The highest BCUT2D eigenvalue weighted by Gasteiger charge is 2.32. The van der Waals surface area contributed by atoms with Crippen LogP contribution in [0.4, 0.5) is 0 Å². The van der Waals surface area contributed by atoms with E-state index < -0.39 is 28.5 Å². The van der Waals surface area contributed by atoms with Crippen molar-refractivity contribution in [3.05, 3.63) is 101 Å². The predicted octanol–water partition coefficient (Wildman–Crippen LogP) is 3.74. The summed E-state index contributed by atoms with van der Waals surface area (Å²) in [5.41, 5.74) is 1.72. The van der Waals surface area contributed by atoms with E-state index >= 15 is 0 Å². The summed E-state index contributed by atoms with van der Waals surface area (Å²) < 4.78 is 27.2. The lowest BCUT2D eigenvalue weighted by Crippen LogP contribution is -2.53. The molecule has 0 aliphatic carbocycles. The molecule has 0 spiro atoms. The van der Waals surface area contributed by atoms with Crippen LogP contribution < -0.4 is 5.32 Å². The van der Waals surface area contributed by atoms with Gasteiger partial charge in [-0.05, 0) is 42.3 Å². The van der Waals surface area contributed by atoms with Crippen LogP contribution in [0.2, 0.25) is 5.02 Å². The van der Waals surface area contributed by atoms with Crippen LogP contribution in [0.5, 0.6) is 0 Å². The first-order chi connectivity index (χ1) is 17.2. The number of amides is 2. The topological polar surface area (TPSA) is 86.8 Å². The van der Waals surface area contributed by atoms with Crippen LogP contribution in [-0.4, -0.2) is 55.6 Å². The summed E-state index contributed by atoms with van der Waals surface area (Å²) in [6.45, 7) is 1.95. The number of sulfonamides is 1. The molecule has 2 amide bonds. The van der Waals surface area contributed by atoms with Gasteiger partial charge in [0.1, 0.15) is 6.04 Å². The predicted molar refractivity (Wildman–Crippen MR) is 141 cm³/mol. The summed E-state index contributed by atoms with van der Waals surface area (Å²) in [7, 11) is -2.60. The van der Waals surface area contributed by atoms with Crippen molar-refractivity contribution in [2.75, 3.05) is 20.1 Å². The largest absolute Gasteiger partial charge is 0.355 e. The van der Waals surface area contributed by atoms with Gasteiger partial charge in [0.2, 0.25) is 21.8 Å². The second kappa shape index (κ2) is 12.7. The van der Waals surface area contributed by atoms with Crippen LogP contribution in [0.25, 0.3) is 0 Å². The number of halogens is 1. The van der Waals surface area contributed by atoms with Gasteiger partial charge in [0.05, 0.1) is 11.4 Å². The van der Waals surface area contributed by atoms with Gasteiger partial charge in [0.25, 0.3) is 0 Å². The summed E-state index contributed by atoms with van der Waals surface area (Å²) in [4.78, 5) is 28.3. The SMILES string of the molecule is CCNC(=O)C(Cc1ccccc1)N(Cc1ccccc1)C(=O)CN(C)S(=O)(=O)c1ccc(Cl)cc1. The third-order valence-corrected chi connectivity index (χ3v) is 7.77. The van der Waals surface area contributed by atoms with Gasteiger partial charge < -0.3 is 10.2 Å². The molecule has 36 heavy (non-hydrogen) atoms. The zero-order chi connectivity index (χ0) is 26.1. The minimum absolute atomic E-state index is 0.0290. The third-order valence-electron chi connectivity index (χ3n) is 5.70. The molecule has 3 aromatic rings. The van der Waals surface area contributed by atoms with Crippen molar-refractivity contribution in [3.63, 3.8) is 0 Å². The van der Waals surface area contributed by atoms with Crippen molar-refractivity contribution >= 4 is 33.4 Å². The lowest BCUT2D eigenvalue weighted by atomic mass is 10.0. The Morgan fingerprint density at radius 1 is 0.889 bits per heavy atom. The first-order valence-corrected chi connectivity index (χ1v) is 13.4. The highest BCUT2D eigenvalue weighted by molar-refractivity contribution is 7.89. The highest BCUT2D eigenvalue weighted by atomic mass is 35.5. The van der Waals surface area contributed by atoms with E-state index in [-0.39, 0.29) is 17.3 Å². The summed E-state index contributed by atoms with van der Waals surface area (Å²) in [6.07, 6.45) is 0.291. The van der Waals surface area contributed by atoms with E-state index in [1.54, 1.807) is 0 Å². The van der Waals surface area contributed by atoms with E-state index in [0.29, 0.717) is 18.0 Å². The van der Waals surface area contributed by atoms with Gasteiger partial charge in [-0.2, -0.15) is 4.31 Å². The second-order valence-electron chi connectivity index (χ2n) is 8.32. The Morgan fingerprint density at radius 2 is 1.44 bits per heavy atom. The summed E-state index contributed by atoms with van der Waals surface area (Å²) >= 11 is 5.89. The number of rotatable bonds is 11. The fourth-order valence-corrected chi connectivity index (χ4v) is 5.03. The van der Waals surface area contributed by atoms with Crippen molar-refractivity contribution < 1.29 is 18.0 Å². The Hall–Kier alpha value is -3.20. The fraction of sp³-hybridized carbons (Fsp3) is 0.259. The van der Waals surface area contributed by atoms with E-state index in [1.165, 1.54) is 36.2 Å². The quantitative estimate of drug-likeness (QED) is 0.411. The molecule has 0 aliphatic rings. The van der Waals surface area contributed by atoms with Gasteiger partial charge in [-0.1, -0.05) is 72.3 Å². The molecule has 3 aromatic carbocycles. The van der Waals surface area contributed by atoms with Crippen LogP contribution >= 0.6 is 11.6 Å². The summed E-state index contributed by atoms with van der Waals surface area (Å²) in [6, 6.07) is 23.7. The molecular weight excluding hydrogens is 498 g/mol. The molecule has 0 fully saturated rings. The van der Waals surface area contributed by atoms with E-state index in [1.807, 2.05) is 67.6 Å². The van der Waals surface area contributed by atoms with Gasteiger partial charge in [-0.15, -0.1) is 0 Å². The van der Waals surface area contributed by atoms with Crippen LogP contribution in [0.15, 0.2) is 89.8 Å². The second-order valence-corrected chi connectivity index (χ2v) is 10.8. The molecule has 0 heterocycles. The summed E-state index contributed by atoms with van der Waals surface area (Å²) in [5, 5.41) is 3.23. The first kappa shape index (κ1) is 27.4. The van der Waals surface area contributed by atoms with E-state index in [2.05, 4.69) is 5.32 Å². The van der Waals surface area contributed by atoms with E-state index in [9.17, 15) is 18.0 Å². The summed E-state index contributed by atoms with van der Waals surface area (Å²) in [5.74, 6) is -0.778. The van der Waals surface area contributed by atoms with Crippen LogP contribution in [0, 0.1) is 0 Å².